The monoisotopic (exact) mass is 419 g/mol. The van der Waals surface area contributed by atoms with Crippen molar-refractivity contribution in [2.24, 2.45) is 0 Å². The van der Waals surface area contributed by atoms with E-state index in [1.165, 1.54) is 31.5 Å². The van der Waals surface area contributed by atoms with Crippen molar-refractivity contribution in [1.29, 1.82) is 0 Å². The molecular formula is C21H30ClN5O2. The van der Waals surface area contributed by atoms with E-state index in [0.29, 0.717) is 18.8 Å². The van der Waals surface area contributed by atoms with Crippen LogP contribution in [0, 0.1) is 0 Å². The Hall–Kier alpha value is -2.09. The molecular weight excluding hydrogens is 390 g/mol. The van der Waals surface area contributed by atoms with E-state index in [2.05, 4.69) is 37.9 Å². The lowest BCUT2D eigenvalue weighted by atomic mass is 10.1. The molecule has 0 radical (unpaired) electrons. The lowest BCUT2D eigenvalue weighted by Crippen LogP contribution is -2.29. The number of halogens is 1. The minimum absolute atomic E-state index is 0. The van der Waals surface area contributed by atoms with Crippen LogP contribution in [0.25, 0.3) is 0 Å². The van der Waals surface area contributed by atoms with Gasteiger partial charge in [0.1, 0.15) is 12.4 Å². The average Bonchev–Trinajstić information content (AvgIpc) is 3.39. The molecule has 2 aliphatic rings. The summed E-state index contributed by atoms with van der Waals surface area (Å²) in [6.07, 6.45) is 4.29. The van der Waals surface area contributed by atoms with Gasteiger partial charge in [0.25, 0.3) is 5.91 Å². The van der Waals surface area contributed by atoms with Crippen LogP contribution >= 0.6 is 12.4 Å². The third-order valence-corrected chi connectivity index (χ3v) is 5.52. The zero-order valence-corrected chi connectivity index (χ0v) is 17.5. The van der Waals surface area contributed by atoms with Gasteiger partial charge in [-0.3, -0.25) is 14.8 Å². The third-order valence-electron chi connectivity index (χ3n) is 5.52. The molecule has 0 atom stereocenters. The summed E-state index contributed by atoms with van der Waals surface area (Å²) in [6, 6.07) is 8.16. The van der Waals surface area contributed by atoms with Crippen LogP contribution in [0.3, 0.4) is 0 Å². The number of likely N-dealkylation sites (tertiary alicyclic amines) is 1. The topological polar surface area (TPSA) is 82.3 Å². The molecule has 158 valence electrons. The van der Waals surface area contributed by atoms with E-state index >= 15 is 0 Å². The van der Waals surface area contributed by atoms with E-state index in [1.807, 2.05) is 12.1 Å². The fourth-order valence-electron chi connectivity index (χ4n) is 3.87. The fraction of sp³-hybridized carbons (Fsp3) is 0.524. The van der Waals surface area contributed by atoms with E-state index in [4.69, 9.17) is 4.74 Å². The van der Waals surface area contributed by atoms with Gasteiger partial charge in [-0.15, -0.1) is 12.4 Å². The van der Waals surface area contributed by atoms with Crippen molar-refractivity contribution in [3.8, 4) is 5.75 Å². The van der Waals surface area contributed by atoms with Gasteiger partial charge in [-0.1, -0.05) is 12.1 Å². The largest absolute Gasteiger partial charge is 0.492 e. The van der Waals surface area contributed by atoms with E-state index < -0.39 is 0 Å². The number of amides is 1. The number of hydrogen-bond donors (Lipinski definition) is 3. The number of carbonyl (C=O) groups excluding carboxylic acids is 1. The summed E-state index contributed by atoms with van der Waals surface area (Å²) in [6.45, 7) is 6.35. The highest BCUT2D eigenvalue weighted by Crippen LogP contribution is 2.16. The van der Waals surface area contributed by atoms with Crippen LogP contribution < -0.4 is 15.4 Å². The first-order valence-electron chi connectivity index (χ1n) is 10.3. The second-order valence-electron chi connectivity index (χ2n) is 7.50. The summed E-state index contributed by atoms with van der Waals surface area (Å²) in [5.74, 6) is 0.797. The Labute approximate surface area is 178 Å². The highest BCUT2D eigenvalue weighted by Gasteiger charge is 2.21. The molecule has 1 amide bonds. The Kier molecular flexibility index (Phi) is 7.91. The summed E-state index contributed by atoms with van der Waals surface area (Å²) < 4.78 is 5.84. The van der Waals surface area contributed by atoms with Crippen molar-refractivity contribution >= 4 is 18.3 Å². The summed E-state index contributed by atoms with van der Waals surface area (Å²) in [4.78, 5) is 14.9. The SMILES string of the molecule is Cl.O=C(NCCc1ccc(OCCN2CCCC2)cc1)c1n[nH]c2c1CNCC2. The Morgan fingerprint density at radius 2 is 2.00 bits per heavy atom. The molecule has 8 heteroatoms. The number of nitrogens with one attached hydrogen (secondary N) is 3. The smallest absolute Gasteiger partial charge is 0.272 e. The van der Waals surface area contributed by atoms with Crippen LogP contribution in [0.15, 0.2) is 24.3 Å². The molecule has 0 unspecified atom stereocenters. The molecule has 0 bridgehead atoms. The number of aromatic nitrogens is 2. The van der Waals surface area contributed by atoms with Gasteiger partial charge >= 0.3 is 0 Å². The number of carbonyl (C=O) groups is 1. The van der Waals surface area contributed by atoms with Gasteiger partial charge in [-0.25, -0.2) is 0 Å². The van der Waals surface area contributed by atoms with Crippen molar-refractivity contribution in [2.45, 2.75) is 32.2 Å². The standard InChI is InChI=1S/C21H29N5O2.ClH/c27-21(20-18-15-22-9-8-19(18)24-25-20)23-10-7-16-3-5-17(6-4-16)28-14-13-26-11-1-2-12-26;/h3-6,22H,1-2,7-15H2,(H,23,27)(H,24,25);1H. The Morgan fingerprint density at radius 3 is 2.79 bits per heavy atom. The highest BCUT2D eigenvalue weighted by molar-refractivity contribution is 5.94. The van der Waals surface area contributed by atoms with Gasteiger partial charge in [0.05, 0.1) is 0 Å². The van der Waals surface area contributed by atoms with Crippen molar-refractivity contribution in [1.82, 2.24) is 25.7 Å². The number of benzene rings is 1. The molecule has 1 saturated heterocycles. The molecule has 2 aliphatic heterocycles. The quantitative estimate of drug-likeness (QED) is 0.609. The molecule has 7 nitrogen and oxygen atoms in total. The van der Waals surface area contributed by atoms with Crippen LogP contribution in [0.1, 0.15) is 40.2 Å². The van der Waals surface area contributed by atoms with Gasteiger partial charge in [-0.05, 0) is 50.0 Å². The van der Waals surface area contributed by atoms with Gasteiger partial charge in [0.15, 0.2) is 5.69 Å². The summed E-state index contributed by atoms with van der Waals surface area (Å²) in [5, 5.41) is 13.4. The van der Waals surface area contributed by atoms with Crippen LogP contribution in [0.2, 0.25) is 0 Å². The zero-order chi connectivity index (χ0) is 19.2. The normalized spacial score (nSPS) is 16.1. The first kappa shape index (κ1) is 21.6. The third kappa shape index (κ3) is 5.72. The molecule has 0 saturated carbocycles. The number of rotatable bonds is 8. The second-order valence-corrected chi connectivity index (χ2v) is 7.50. The van der Waals surface area contributed by atoms with E-state index in [1.54, 1.807) is 0 Å². The maximum Gasteiger partial charge on any atom is 0.272 e. The number of H-pyrrole nitrogens is 1. The molecule has 3 N–H and O–H groups in total. The summed E-state index contributed by atoms with van der Waals surface area (Å²) in [7, 11) is 0. The van der Waals surface area contributed by atoms with Gasteiger partial charge in [0, 0.05) is 43.9 Å². The first-order chi connectivity index (χ1) is 13.8. The van der Waals surface area contributed by atoms with Crippen LogP contribution in [0.5, 0.6) is 5.75 Å². The minimum atomic E-state index is -0.108. The van der Waals surface area contributed by atoms with Gasteiger partial charge in [0.2, 0.25) is 0 Å². The van der Waals surface area contributed by atoms with Crippen molar-refractivity contribution < 1.29 is 9.53 Å². The minimum Gasteiger partial charge on any atom is -0.492 e. The summed E-state index contributed by atoms with van der Waals surface area (Å²) in [5.41, 5.74) is 3.77. The number of aromatic amines is 1. The van der Waals surface area contributed by atoms with Gasteiger partial charge < -0.3 is 15.4 Å². The predicted molar refractivity (Wildman–Crippen MR) is 115 cm³/mol. The van der Waals surface area contributed by atoms with Crippen LogP contribution in [-0.4, -0.2) is 60.3 Å². The molecule has 2 aromatic rings. The van der Waals surface area contributed by atoms with E-state index in [9.17, 15) is 4.79 Å². The molecule has 1 aromatic heterocycles. The van der Waals surface area contributed by atoms with E-state index in [0.717, 1.165) is 49.5 Å². The number of fused-ring (bicyclic) bond motifs is 1. The van der Waals surface area contributed by atoms with Crippen LogP contribution in [0.4, 0.5) is 0 Å². The average molecular weight is 420 g/mol. The van der Waals surface area contributed by atoms with Gasteiger partial charge in [-0.2, -0.15) is 5.10 Å². The first-order valence-corrected chi connectivity index (χ1v) is 10.3. The lowest BCUT2D eigenvalue weighted by molar-refractivity contribution is 0.0948. The fourth-order valence-corrected chi connectivity index (χ4v) is 3.87. The summed E-state index contributed by atoms with van der Waals surface area (Å²) >= 11 is 0. The molecule has 0 aliphatic carbocycles. The molecule has 29 heavy (non-hydrogen) atoms. The van der Waals surface area contributed by atoms with Crippen LogP contribution in [-0.2, 0) is 19.4 Å². The van der Waals surface area contributed by atoms with Crippen molar-refractivity contribution in [3.63, 3.8) is 0 Å². The number of hydrogen-bond acceptors (Lipinski definition) is 5. The molecule has 4 rings (SSSR count). The molecule has 3 heterocycles. The van der Waals surface area contributed by atoms with Crippen molar-refractivity contribution in [3.05, 3.63) is 46.8 Å². The molecule has 1 aromatic carbocycles. The molecule has 1 fully saturated rings. The maximum atomic E-state index is 12.4. The Balaban J connectivity index is 0.00000240. The second kappa shape index (κ2) is 10.6. The van der Waals surface area contributed by atoms with E-state index in [-0.39, 0.29) is 18.3 Å². The number of nitrogens with zero attached hydrogens (tertiary/aromatic N) is 2. The highest BCUT2D eigenvalue weighted by atomic mass is 35.5. The number of ether oxygens (including phenoxy) is 1. The lowest BCUT2D eigenvalue weighted by Gasteiger charge is -2.15. The maximum absolute atomic E-state index is 12.4. The van der Waals surface area contributed by atoms with Crippen molar-refractivity contribution in [2.75, 3.05) is 39.3 Å². The zero-order valence-electron chi connectivity index (χ0n) is 16.7. The predicted octanol–water partition coefficient (Wildman–Crippen LogP) is 1.92. The molecule has 0 spiro atoms. The Morgan fingerprint density at radius 1 is 1.21 bits per heavy atom. The Bertz CT molecular complexity index is 787.